The number of rotatable bonds is 10. The highest BCUT2D eigenvalue weighted by Crippen LogP contribution is 2.09. The van der Waals surface area contributed by atoms with Crippen LogP contribution in [-0.2, 0) is 0 Å². The summed E-state index contributed by atoms with van der Waals surface area (Å²) in [6, 6.07) is 8.61. The van der Waals surface area contributed by atoms with Crippen molar-refractivity contribution >= 4 is 5.69 Å². The van der Waals surface area contributed by atoms with Crippen LogP contribution < -0.4 is 5.32 Å². The molecule has 0 radical (unpaired) electrons. The van der Waals surface area contributed by atoms with Gasteiger partial charge in [-0.25, -0.2) is 0 Å². The van der Waals surface area contributed by atoms with Gasteiger partial charge in [-0.05, 0) is 50.6 Å². The minimum Gasteiger partial charge on any atom is -0.384 e. The predicted molar refractivity (Wildman–Crippen MR) is 85.9 cm³/mol. The van der Waals surface area contributed by atoms with Crippen molar-refractivity contribution in [3.8, 4) is 0 Å². The van der Waals surface area contributed by atoms with Crippen molar-refractivity contribution in [2.45, 2.75) is 46.5 Å². The molecule has 0 unspecified atom stereocenters. The highest BCUT2D eigenvalue weighted by atomic mass is 15.1. The highest BCUT2D eigenvalue weighted by Gasteiger charge is 2.03. The molecule has 1 N–H and O–H groups in total. The number of nitrogens with one attached hydrogen (secondary N) is 1. The summed E-state index contributed by atoms with van der Waals surface area (Å²) in [5.41, 5.74) is 2.56. The van der Waals surface area contributed by atoms with E-state index in [0.717, 1.165) is 13.1 Å². The Labute approximate surface area is 119 Å². The molecule has 0 aliphatic carbocycles. The van der Waals surface area contributed by atoms with E-state index in [-0.39, 0.29) is 0 Å². The zero-order valence-electron chi connectivity index (χ0n) is 12.9. The first-order valence-corrected chi connectivity index (χ1v) is 7.79. The molecule has 0 aliphatic heterocycles. The second-order valence-electron chi connectivity index (χ2n) is 5.35. The normalized spacial score (nSPS) is 10.9. The Morgan fingerprint density at radius 2 is 1.68 bits per heavy atom. The Kier molecular flexibility index (Phi) is 8.31. The zero-order valence-corrected chi connectivity index (χ0v) is 12.9. The molecule has 0 saturated heterocycles. The van der Waals surface area contributed by atoms with Crippen molar-refractivity contribution in [1.82, 2.24) is 4.90 Å². The monoisotopic (exact) mass is 262 g/mol. The summed E-state index contributed by atoms with van der Waals surface area (Å²) in [7, 11) is 0. The van der Waals surface area contributed by atoms with Gasteiger partial charge in [0.25, 0.3) is 0 Å². The van der Waals surface area contributed by atoms with Crippen LogP contribution in [-0.4, -0.2) is 31.1 Å². The summed E-state index contributed by atoms with van der Waals surface area (Å²) >= 11 is 0. The lowest BCUT2D eigenvalue weighted by molar-refractivity contribution is 0.275. The van der Waals surface area contributed by atoms with Crippen molar-refractivity contribution in [3.05, 3.63) is 29.8 Å². The maximum atomic E-state index is 3.53. The molecular formula is C17H30N2. The maximum absolute atomic E-state index is 3.53. The number of aryl methyl sites for hydroxylation is 1. The molecule has 108 valence electrons. The van der Waals surface area contributed by atoms with Crippen LogP contribution in [0.5, 0.6) is 0 Å². The minimum absolute atomic E-state index is 1.04. The van der Waals surface area contributed by atoms with Crippen LogP contribution >= 0.6 is 0 Å². The molecule has 1 aromatic rings. The largest absolute Gasteiger partial charge is 0.384 e. The van der Waals surface area contributed by atoms with Gasteiger partial charge in [0.2, 0.25) is 0 Å². The van der Waals surface area contributed by atoms with E-state index in [4.69, 9.17) is 0 Å². The number of hydrogen-bond donors (Lipinski definition) is 1. The molecule has 0 amide bonds. The Morgan fingerprint density at radius 1 is 1.00 bits per heavy atom. The molecule has 2 nitrogen and oxygen atoms in total. The average molecular weight is 262 g/mol. The Bertz CT molecular complexity index is 328. The van der Waals surface area contributed by atoms with Crippen LogP contribution in [0.2, 0.25) is 0 Å². The fraction of sp³-hybridized carbons (Fsp3) is 0.647. The Morgan fingerprint density at radius 3 is 2.26 bits per heavy atom. The molecule has 0 fully saturated rings. The first-order chi connectivity index (χ1) is 9.26. The smallest absolute Gasteiger partial charge is 0.0343 e. The minimum atomic E-state index is 1.04. The fourth-order valence-electron chi connectivity index (χ4n) is 2.21. The van der Waals surface area contributed by atoms with E-state index in [1.54, 1.807) is 0 Å². The molecule has 0 heterocycles. The molecule has 1 rings (SSSR count). The van der Waals surface area contributed by atoms with E-state index < -0.39 is 0 Å². The van der Waals surface area contributed by atoms with Gasteiger partial charge in [-0.2, -0.15) is 0 Å². The van der Waals surface area contributed by atoms with E-state index in [2.05, 4.69) is 55.3 Å². The summed E-state index contributed by atoms with van der Waals surface area (Å²) in [5.74, 6) is 0. The van der Waals surface area contributed by atoms with Gasteiger partial charge < -0.3 is 10.2 Å². The molecule has 1 aromatic carbocycles. The third-order valence-electron chi connectivity index (χ3n) is 3.43. The molecular weight excluding hydrogens is 232 g/mol. The summed E-state index contributed by atoms with van der Waals surface area (Å²) in [6.45, 7) is 11.3. The van der Waals surface area contributed by atoms with Gasteiger partial charge in [0, 0.05) is 18.8 Å². The third-order valence-corrected chi connectivity index (χ3v) is 3.43. The second-order valence-corrected chi connectivity index (χ2v) is 5.35. The van der Waals surface area contributed by atoms with Gasteiger partial charge >= 0.3 is 0 Å². The van der Waals surface area contributed by atoms with E-state index >= 15 is 0 Å². The predicted octanol–water partition coefficient (Wildman–Crippen LogP) is 4.31. The van der Waals surface area contributed by atoms with Crippen molar-refractivity contribution in [3.63, 3.8) is 0 Å². The first-order valence-electron chi connectivity index (χ1n) is 7.79. The molecule has 0 bridgehead atoms. The van der Waals surface area contributed by atoms with Gasteiger partial charge in [0.05, 0.1) is 0 Å². The lowest BCUT2D eigenvalue weighted by Gasteiger charge is -2.22. The molecule has 0 saturated carbocycles. The summed E-state index contributed by atoms with van der Waals surface area (Å²) in [6.07, 6.45) is 5.20. The van der Waals surface area contributed by atoms with Crippen LogP contribution in [0.15, 0.2) is 24.3 Å². The van der Waals surface area contributed by atoms with Crippen LogP contribution in [0.4, 0.5) is 5.69 Å². The van der Waals surface area contributed by atoms with Crippen LogP contribution in [0.3, 0.4) is 0 Å². The molecule has 0 aliphatic rings. The zero-order chi connectivity index (χ0) is 13.9. The molecule has 19 heavy (non-hydrogen) atoms. The lowest BCUT2D eigenvalue weighted by atomic mass is 10.2. The SMILES string of the molecule is CCCCN(CCCC)CCNc1cccc(C)c1. The third kappa shape index (κ3) is 7.22. The van der Waals surface area contributed by atoms with Gasteiger partial charge in [0.1, 0.15) is 0 Å². The van der Waals surface area contributed by atoms with Crippen LogP contribution in [0.1, 0.15) is 45.1 Å². The second kappa shape index (κ2) is 9.85. The Hall–Kier alpha value is -1.02. The number of nitrogens with zero attached hydrogens (tertiary/aromatic N) is 1. The number of unbranched alkanes of at least 4 members (excludes halogenated alkanes) is 2. The van der Waals surface area contributed by atoms with Crippen molar-refractivity contribution in [1.29, 1.82) is 0 Å². The van der Waals surface area contributed by atoms with Crippen LogP contribution in [0, 0.1) is 6.92 Å². The number of benzene rings is 1. The fourth-order valence-corrected chi connectivity index (χ4v) is 2.21. The Balaban J connectivity index is 2.29. The summed E-state index contributed by atoms with van der Waals surface area (Å²) in [5, 5.41) is 3.53. The van der Waals surface area contributed by atoms with Crippen molar-refractivity contribution < 1.29 is 0 Å². The lowest BCUT2D eigenvalue weighted by Crippen LogP contribution is -2.31. The van der Waals surface area contributed by atoms with E-state index in [1.165, 1.54) is 50.0 Å². The van der Waals surface area contributed by atoms with Gasteiger partial charge in [0.15, 0.2) is 0 Å². The highest BCUT2D eigenvalue weighted by molar-refractivity contribution is 5.45. The van der Waals surface area contributed by atoms with Crippen molar-refractivity contribution in [2.75, 3.05) is 31.5 Å². The standard InChI is InChI=1S/C17H30N2/c1-4-6-12-19(13-7-5-2)14-11-18-17-10-8-9-16(3)15-17/h8-10,15,18H,4-7,11-14H2,1-3H3. The topological polar surface area (TPSA) is 15.3 Å². The summed E-state index contributed by atoms with van der Waals surface area (Å²) in [4.78, 5) is 2.59. The molecule has 0 aromatic heterocycles. The molecule has 0 atom stereocenters. The van der Waals surface area contributed by atoms with Gasteiger partial charge in [-0.3, -0.25) is 0 Å². The molecule has 2 heteroatoms. The van der Waals surface area contributed by atoms with E-state index in [9.17, 15) is 0 Å². The van der Waals surface area contributed by atoms with Gasteiger partial charge in [-0.15, -0.1) is 0 Å². The van der Waals surface area contributed by atoms with Crippen LogP contribution in [0.25, 0.3) is 0 Å². The van der Waals surface area contributed by atoms with E-state index in [1.807, 2.05) is 0 Å². The first kappa shape index (κ1) is 16.0. The maximum Gasteiger partial charge on any atom is 0.0343 e. The summed E-state index contributed by atoms with van der Waals surface area (Å²) < 4.78 is 0. The van der Waals surface area contributed by atoms with Gasteiger partial charge in [-0.1, -0.05) is 38.8 Å². The number of hydrogen-bond acceptors (Lipinski definition) is 2. The average Bonchev–Trinajstić information content (AvgIpc) is 2.41. The van der Waals surface area contributed by atoms with Crippen molar-refractivity contribution in [2.24, 2.45) is 0 Å². The molecule has 0 spiro atoms. The quantitative estimate of drug-likeness (QED) is 0.676. The number of anilines is 1. The van der Waals surface area contributed by atoms with E-state index in [0.29, 0.717) is 0 Å².